The fourth-order valence-electron chi connectivity index (χ4n) is 2.44. The van der Waals surface area contributed by atoms with Gasteiger partial charge in [0.25, 0.3) is 0 Å². The number of hydrogen-bond donors (Lipinski definition) is 1. The SMILES string of the molecule is Cc1cccc(CCn2c(-c3ccccc3)n[nH]c2=S)c1. The summed E-state index contributed by atoms with van der Waals surface area (Å²) < 4.78 is 2.73. The van der Waals surface area contributed by atoms with Crippen LogP contribution in [0.5, 0.6) is 0 Å². The molecule has 0 aliphatic heterocycles. The fraction of sp³-hybridized carbons (Fsp3) is 0.176. The third kappa shape index (κ3) is 3.11. The molecule has 0 fully saturated rings. The molecule has 0 aliphatic rings. The second kappa shape index (κ2) is 6.06. The summed E-state index contributed by atoms with van der Waals surface area (Å²) in [5, 5.41) is 7.26. The van der Waals surface area contributed by atoms with Crippen molar-refractivity contribution in [2.24, 2.45) is 0 Å². The largest absolute Gasteiger partial charge is 0.300 e. The Labute approximate surface area is 129 Å². The molecule has 1 aromatic heterocycles. The van der Waals surface area contributed by atoms with Gasteiger partial charge in [-0.1, -0.05) is 60.2 Å². The second-order valence-electron chi connectivity index (χ2n) is 5.11. The van der Waals surface area contributed by atoms with Crippen LogP contribution in [0.2, 0.25) is 0 Å². The van der Waals surface area contributed by atoms with Crippen molar-refractivity contribution in [3.05, 3.63) is 70.5 Å². The number of nitrogens with one attached hydrogen (secondary N) is 1. The lowest BCUT2D eigenvalue weighted by atomic mass is 10.1. The Hall–Kier alpha value is -2.20. The van der Waals surface area contributed by atoms with Crippen LogP contribution in [0, 0.1) is 11.7 Å². The Kier molecular flexibility index (Phi) is 3.97. The van der Waals surface area contributed by atoms with Gasteiger partial charge in [0.2, 0.25) is 0 Å². The van der Waals surface area contributed by atoms with Crippen molar-refractivity contribution in [2.75, 3.05) is 0 Å². The van der Waals surface area contributed by atoms with Gasteiger partial charge in [0.1, 0.15) is 0 Å². The molecule has 106 valence electrons. The molecule has 0 aliphatic carbocycles. The smallest absolute Gasteiger partial charge is 0.195 e. The molecule has 21 heavy (non-hydrogen) atoms. The summed E-state index contributed by atoms with van der Waals surface area (Å²) >= 11 is 5.36. The van der Waals surface area contributed by atoms with Crippen molar-refractivity contribution >= 4 is 12.2 Å². The van der Waals surface area contributed by atoms with Gasteiger partial charge in [-0.3, -0.25) is 9.67 Å². The highest BCUT2D eigenvalue weighted by molar-refractivity contribution is 7.71. The van der Waals surface area contributed by atoms with Gasteiger partial charge in [0, 0.05) is 12.1 Å². The van der Waals surface area contributed by atoms with Crippen molar-refractivity contribution in [1.82, 2.24) is 14.8 Å². The molecule has 3 rings (SSSR count). The first-order chi connectivity index (χ1) is 10.2. The summed E-state index contributed by atoms with van der Waals surface area (Å²) in [6.07, 6.45) is 0.940. The Balaban J connectivity index is 1.86. The topological polar surface area (TPSA) is 33.6 Å². The van der Waals surface area contributed by atoms with Crippen LogP contribution in [0.15, 0.2) is 54.6 Å². The number of aryl methyl sites for hydroxylation is 2. The van der Waals surface area contributed by atoms with E-state index in [0.29, 0.717) is 4.77 Å². The highest BCUT2D eigenvalue weighted by Gasteiger charge is 2.08. The first-order valence-electron chi connectivity index (χ1n) is 7.00. The van der Waals surface area contributed by atoms with E-state index < -0.39 is 0 Å². The minimum absolute atomic E-state index is 0.668. The molecule has 2 aromatic carbocycles. The standard InChI is InChI=1S/C17H17N3S/c1-13-6-5-7-14(12-13)10-11-20-16(18-19-17(20)21)15-8-3-2-4-9-15/h2-9,12H,10-11H2,1H3,(H,19,21). The van der Waals surface area contributed by atoms with Crippen LogP contribution in [0.1, 0.15) is 11.1 Å². The minimum Gasteiger partial charge on any atom is -0.300 e. The summed E-state index contributed by atoms with van der Waals surface area (Å²) in [4.78, 5) is 0. The number of nitrogens with zero attached hydrogens (tertiary/aromatic N) is 2. The summed E-state index contributed by atoms with van der Waals surface area (Å²) in [5.74, 6) is 0.897. The lowest BCUT2D eigenvalue weighted by molar-refractivity contribution is 0.691. The number of aromatic nitrogens is 3. The number of benzene rings is 2. The van der Waals surface area contributed by atoms with Gasteiger partial charge in [-0.25, -0.2) is 0 Å². The number of aromatic amines is 1. The number of H-pyrrole nitrogens is 1. The molecule has 0 saturated carbocycles. The summed E-state index contributed by atoms with van der Waals surface area (Å²) in [6, 6.07) is 18.7. The summed E-state index contributed by atoms with van der Waals surface area (Å²) in [5.41, 5.74) is 3.68. The Morgan fingerprint density at radius 1 is 1.10 bits per heavy atom. The Bertz CT molecular complexity index is 787. The van der Waals surface area contributed by atoms with E-state index in [0.717, 1.165) is 24.4 Å². The zero-order valence-electron chi connectivity index (χ0n) is 11.9. The molecule has 3 aromatic rings. The van der Waals surface area contributed by atoms with Crippen molar-refractivity contribution in [3.63, 3.8) is 0 Å². The van der Waals surface area contributed by atoms with Gasteiger partial charge in [0.05, 0.1) is 0 Å². The quantitative estimate of drug-likeness (QED) is 0.733. The monoisotopic (exact) mass is 295 g/mol. The third-order valence-electron chi connectivity index (χ3n) is 3.50. The minimum atomic E-state index is 0.668. The van der Waals surface area contributed by atoms with Crippen LogP contribution >= 0.6 is 12.2 Å². The van der Waals surface area contributed by atoms with Crippen LogP contribution in [0.4, 0.5) is 0 Å². The lowest BCUT2D eigenvalue weighted by Crippen LogP contribution is -2.04. The molecule has 1 N–H and O–H groups in total. The van der Waals surface area contributed by atoms with Gasteiger partial charge in [-0.2, -0.15) is 5.10 Å². The normalized spacial score (nSPS) is 10.7. The predicted octanol–water partition coefficient (Wildman–Crippen LogP) is 4.16. The van der Waals surface area contributed by atoms with Gasteiger partial charge < -0.3 is 0 Å². The zero-order valence-corrected chi connectivity index (χ0v) is 12.7. The van der Waals surface area contributed by atoms with E-state index in [-0.39, 0.29) is 0 Å². The van der Waals surface area contributed by atoms with E-state index in [2.05, 4.69) is 46.0 Å². The van der Waals surface area contributed by atoms with Crippen molar-refractivity contribution in [1.29, 1.82) is 0 Å². The van der Waals surface area contributed by atoms with E-state index in [1.54, 1.807) is 0 Å². The summed E-state index contributed by atoms with van der Waals surface area (Å²) in [7, 11) is 0. The van der Waals surface area contributed by atoms with E-state index in [4.69, 9.17) is 12.2 Å². The fourth-order valence-corrected chi connectivity index (χ4v) is 2.66. The maximum Gasteiger partial charge on any atom is 0.195 e. The first kappa shape index (κ1) is 13.8. The van der Waals surface area contributed by atoms with Gasteiger partial charge in [-0.05, 0) is 31.1 Å². The molecule has 0 atom stereocenters. The van der Waals surface area contributed by atoms with E-state index in [9.17, 15) is 0 Å². The second-order valence-corrected chi connectivity index (χ2v) is 5.50. The van der Waals surface area contributed by atoms with Crippen LogP contribution in [-0.2, 0) is 13.0 Å². The number of hydrogen-bond acceptors (Lipinski definition) is 2. The average molecular weight is 295 g/mol. The van der Waals surface area contributed by atoms with Crippen LogP contribution in [0.3, 0.4) is 0 Å². The van der Waals surface area contributed by atoms with Gasteiger partial charge in [-0.15, -0.1) is 0 Å². The highest BCUT2D eigenvalue weighted by atomic mass is 32.1. The van der Waals surface area contributed by atoms with Crippen molar-refractivity contribution in [2.45, 2.75) is 19.9 Å². The molecule has 0 bridgehead atoms. The molecule has 0 amide bonds. The predicted molar refractivity (Wildman–Crippen MR) is 87.7 cm³/mol. The van der Waals surface area contributed by atoms with Crippen LogP contribution in [0.25, 0.3) is 11.4 Å². The molecule has 0 saturated heterocycles. The zero-order chi connectivity index (χ0) is 14.7. The maximum absolute atomic E-state index is 5.36. The molecule has 0 unspecified atom stereocenters. The maximum atomic E-state index is 5.36. The molecular weight excluding hydrogens is 278 g/mol. The average Bonchev–Trinajstić information content (AvgIpc) is 2.87. The van der Waals surface area contributed by atoms with Crippen LogP contribution in [-0.4, -0.2) is 14.8 Å². The van der Waals surface area contributed by atoms with Gasteiger partial charge >= 0.3 is 0 Å². The summed E-state index contributed by atoms with van der Waals surface area (Å²) in [6.45, 7) is 2.94. The highest BCUT2D eigenvalue weighted by Crippen LogP contribution is 2.17. The number of rotatable bonds is 4. The van der Waals surface area contributed by atoms with Crippen molar-refractivity contribution in [3.8, 4) is 11.4 Å². The molecule has 4 heteroatoms. The van der Waals surface area contributed by atoms with E-state index in [1.807, 2.05) is 30.3 Å². The molecule has 1 heterocycles. The third-order valence-corrected chi connectivity index (χ3v) is 3.81. The van der Waals surface area contributed by atoms with Crippen LogP contribution < -0.4 is 0 Å². The van der Waals surface area contributed by atoms with Gasteiger partial charge in [0.15, 0.2) is 10.6 Å². The first-order valence-corrected chi connectivity index (χ1v) is 7.41. The molecule has 3 nitrogen and oxygen atoms in total. The lowest BCUT2D eigenvalue weighted by Gasteiger charge is -2.07. The van der Waals surface area contributed by atoms with E-state index in [1.165, 1.54) is 11.1 Å². The molecular formula is C17H17N3S. The van der Waals surface area contributed by atoms with E-state index >= 15 is 0 Å². The Morgan fingerprint density at radius 3 is 2.67 bits per heavy atom. The Morgan fingerprint density at radius 2 is 1.90 bits per heavy atom. The van der Waals surface area contributed by atoms with Crippen molar-refractivity contribution < 1.29 is 0 Å². The molecule has 0 spiro atoms. The molecule has 0 radical (unpaired) electrons.